The van der Waals surface area contributed by atoms with Gasteiger partial charge in [0.15, 0.2) is 0 Å². The highest BCUT2D eigenvalue weighted by atomic mass is 35.5. The van der Waals surface area contributed by atoms with E-state index in [1.165, 1.54) is 0 Å². The summed E-state index contributed by atoms with van der Waals surface area (Å²) >= 11 is 6.56. The molecule has 0 aromatic heterocycles. The average Bonchev–Trinajstić information content (AvgIpc) is 2.13. The van der Waals surface area contributed by atoms with Crippen LogP contribution in [0.5, 0.6) is 0 Å². The molecule has 0 saturated heterocycles. The molecule has 0 amide bonds. The standard InChI is InChI=1S/C7H15ClNO3PS/c1-4-6-11-13(10,14-5-2)12-9-7(3)8/h4-6H2,1-3H3/b9-7-. The second-order valence-corrected chi connectivity index (χ2v) is 7.18. The van der Waals surface area contributed by atoms with Gasteiger partial charge in [-0.1, -0.05) is 30.6 Å². The van der Waals surface area contributed by atoms with Gasteiger partial charge in [-0.25, -0.2) is 4.57 Å². The van der Waals surface area contributed by atoms with Crippen molar-refractivity contribution in [3.63, 3.8) is 0 Å². The molecule has 84 valence electrons. The second kappa shape index (κ2) is 7.57. The van der Waals surface area contributed by atoms with Gasteiger partial charge in [0.1, 0.15) is 5.17 Å². The Bertz CT molecular complexity index is 233. The molecule has 7 heteroatoms. The van der Waals surface area contributed by atoms with E-state index in [0.29, 0.717) is 12.4 Å². The molecule has 1 atom stereocenters. The van der Waals surface area contributed by atoms with Crippen molar-refractivity contribution in [1.82, 2.24) is 0 Å². The molecule has 0 aliphatic rings. The summed E-state index contributed by atoms with van der Waals surface area (Å²) < 4.78 is 21.7. The van der Waals surface area contributed by atoms with Crippen molar-refractivity contribution in [1.29, 1.82) is 0 Å². The molecule has 0 N–H and O–H groups in total. The summed E-state index contributed by atoms with van der Waals surface area (Å²) in [5.41, 5.74) is 0. The van der Waals surface area contributed by atoms with Gasteiger partial charge in [-0.3, -0.25) is 4.52 Å². The van der Waals surface area contributed by atoms with Crippen LogP contribution < -0.4 is 0 Å². The number of rotatable bonds is 7. The van der Waals surface area contributed by atoms with Crippen LogP contribution in [0.2, 0.25) is 0 Å². The van der Waals surface area contributed by atoms with E-state index >= 15 is 0 Å². The molecule has 1 unspecified atom stereocenters. The Morgan fingerprint density at radius 2 is 2.21 bits per heavy atom. The number of oxime groups is 1. The maximum atomic E-state index is 11.8. The zero-order chi connectivity index (χ0) is 11.0. The number of hydrogen-bond donors (Lipinski definition) is 0. The fourth-order valence-corrected chi connectivity index (χ4v) is 3.39. The SMILES string of the molecule is CCCOP(=O)(O/N=C(/C)Cl)SCC. The molecule has 0 aromatic rings. The van der Waals surface area contributed by atoms with Gasteiger partial charge in [0.25, 0.3) is 0 Å². The predicted octanol–water partition coefficient (Wildman–Crippen LogP) is 3.86. The average molecular weight is 260 g/mol. The lowest BCUT2D eigenvalue weighted by molar-refractivity contribution is 0.227. The monoisotopic (exact) mass is 259 g/mol. The molecule has 0 aliphatic heterocycles. The highest BCUT2D eigenvalue weighted by Gasteiger charge is 2.26. The molecule has 0 rings (SSSR count). The first-order valence-corrected chi connectivity index (χ1v) is 7.83. The third kappa shape index (κ3) is 6.71. The van der Waals surface area contributed by atoms with Gasteiger partial charge in [0, 0.05) is 5.75 Å². The summed E-state index contributed by atoms with van der Waals surface area (Å²) in [7, 11) is 0. The topological polar surface area (TPSA) is 47.9 Å². The zero-order valence-corrected chi connectivity index (χ0v) is 11.0. The minimum Gasteiger partial charge on any atom is -0.304 e. The van der Waals surface area contributed by atoms with Gasteiger partial charge in [-0.05, 0) is 24.7 Å². The molecule has 0 radical (unpaired) electrons. The van der Waals surface area contributed by atoms with Gasteiger partial charge < -0.3 is 4.62 Å². The lowest BCUT2D eigenvalue weighted by Crippen LogP contribution is -1.92. The number of halogens is 1. The molecule has 0 fully saturated rings. The van der Waals surface area contributed by atoms with Crippen LogP contribution in [0, 0.1) is 0 Å². The molecule has 0 saturated carbocycles. The maximum Gasteiger partial charge on any atom is 0.459 e. The van der Waals surface area contributed by atoms with Crippen LogP contribution in [-0.4, -0.2) is 17.5 Å². The minimum absolute atomic E-state index is 0.196. The minimum atomic E-state index is -3.15. The number of hydrogen-bond acceptors (Lipinski definition) is 5. The van der Waals surface area contributed by atoms with Crippen molar-refractivity contribution in [3.05, 3.63) is 0 Å². The van der Waals surface area contributed by atoms with E-state index in [-0.39, 0.29) is 5.17 Å². The van der Waals surface area contributed by atoms with Gasteiger partial charge in [-0.2, -0.15) is 0 Å². The predicted molar refractivity (Wildman–Crippen MR) is 62.0 cm³/mol. The highest BCUT2D eigenvalue weighted by molar-refractivity contribution is 8.55. The summed E-state index contributed by atoms with van der Waals surface area (Å²) in [4.78, 5) is 0. The molecule has 4 nitrogen and oxygen atoms in total. The van der Waals surface area contributed by atoms with Crippen LogP contribution in [0.4, 0.5) is 0 Å². The first-order chi connectivity index (χ1) is 6.54. The first-order valence-electron chi connectivity index (χ1n) is 4.32. The van der Waals surface area contributed by atoms with E-state index in [1.807, 2.05) is 13.8 Å². The van der Waals surface area contributed by atoms with Crippen LogP contribution in [0.25, 0.3) is 0 Å². The Morgan fingerprint density at radius 3 is 2.64 bits per heavy atom. The Balaban J connectivity index is 4.24. The Hall–Kier alpha value is 0.300. The quantitative estimate of drug-likeness (QED) is 0.396. The van der Waals surface area contributed by atoms with E-state index in [9.17, 15) is 4.57 Å². The van der Waals surface area contributed by atoms with Crippen LogP contribution in [0.15, 0.2) is 5.16 Å². The second-order valence-electron chi connectivity index (χ2n) is 2.37. The van der Waals surface area contributed by atoms with E-state index in [2.05, 4.69) is 5.16 Å². The first kappa shape index (κ1) is 14.3. The van der Waals surface area contributed by atoms with Crippen molar-refractivity contribution < 1.29 is 13.7 Å². The zero-order valence-electron chi connectivity index (χ0n) is 8.53. The normalized spacial score (nSPS) is 16.4. The lowest BCUT2D eigenvalue weighted by atomic mass is 10.5. The summed E-state index contributed by atoms with van der Waals surface area (Å²) in [5, 5.41) is 3.64. The van der Waals surface area contributed by atoms with E-state index < -0.39 is 6.80 Å². The van der Waals surface area contributed by atoms with Crippen molar-refractivity contribution in [2.75, 3.05) is 12.4 Å². The van der Waals surface area contributed by atoms with E-state index in [4.69, 9.17) is 20.7 Å². The smallest absolute Gasteiger partial charge is 0.304 e. The Morgan fingerprint density at radius 1 is 1.57 bits per heavy atom. The van der Waals surface area contributed by atoms with Crippen molar-refractivity contribution >= 4 is 35.0 Å². The van der Waals surface area contributed by atoms with Crippen molar-refractivity contribution in [2.45, 2.75) is 27.2 Å². The molecule has 0 spiro atoms. The summed E-state index contributed by atoms with van der Waals surface area (Å²) in [6.45, 7) is 2.58. The van der Waals surface area contributed by atoms with Gasteiger partial charge in [0.2, 0.25) is 0 Å². The van der Waals surface area contributed by atoms with E-state index in [0.717, 1.165) is 17.8 Å². The fourth-order valence-electron chi connectivity index (χ4n) is 0.552. The van der Waals surface area contributed by atoms with Crippen LogP contribution >= 0.6 is 29.8 Å². The lowest BCUT2D eigenvalue weighted by Gasteiger charge is -2.13. The molecule has 0 bridgehead atoms. The Kier molecular flexibility index (Phi) is 7.74. The van der Waals surface area contributed by atoms with Crippen LogP contribution in [0.1, 0.15) is 27.2 Å². The van der Waals surface area contributed by atoms with Gasteiger partial charge >= 0.3 is 6.80 Å². The fraction of sp³-hybridized carbons (Fsp3) is 0.857. The third-order valence-corrected chi connectivity index (χ3v) is 4.67. The summed E-state index contributed by atoms with van der Waals surface area (Å²) in [6.07, 6.45) is 0.779. The van der Waals surface area contributed by atoms with Crippen molar-refractivity contribution in [3.8, 4) is 0 Å². The summed E-state index contributed by atoms with van der Waals surface area (Å²) in [5.74, 6) is 0.637. The van der Waals surface area contributed by atoms with Crippen LogP contribution in [0.3, 0.4) is 0 Å². The van der Waals surface area contributed by atoms with Gasteiger partial charge in [-0.15, -0.1) is 0 Å². The number of nitrogens with zero attached hydrogens (tertiary/aromatic N) is 1. The van der Waals surface area contributed by atoms with E-state index in [1.54, 1.807) is 6.92 Å². The molecule has 0 aliphatic carbocycles. The van der Waals surface area contributed by atoms with Crippen molar-refractivity contribution in [2.24, 2.45) is 5.16 Å². The third-order valence-electron chi connectivity index (χ3n) is 1.01. The molecule has 0 aromatic carbocycles. The molecular formula is C7H15ClNO3PS. The molecule has 0 heterocycles. The highest BCUT2D eigenvalue weighted by Crippen LogP contribution is 2.60. The maximum absolute atomic E-state index is 11.8. The summed E-state index contributed by atoms with van der Waals surface area (Å²) in [6, 6.07) is 0. The Labute approximate surface area is 93.6 Å². The van der Waals surface area contributed by atoms with Gasteiger partial charge in [0.05, 0.1) is 6.61 Å². The van der Waals surface area contributed by atoms with Crippen LogP contribution in [-0.2, 0) is 13.7 Å². The molecular weight excluding hydrogens is 245 g/mol. The molecule has 14 heavy (non-hydrogen) atoms. The largest absolute Gasteiger partial charge is 0.459 e.